The molecule has 1 fully saturated rings. The van der Waals surface area contributed by atoms with E-state index < -0.39 is 0 Å². The van der Waals surface area contributed by atoms with Crippen LogP contribution in [0.3, 0.4) is 0 Å². The third-order valence-corrected chi connectivity index (χ3v) is 4.25. The van der Waals surface area contributed by atoms with E-state index in [2.05, 4.69) is 26.1 Å². The summed E-state index contributed by atoms with van der Waals surface area (Å²) in [6.45, 7) is 5.21. The number of aryl methyl sites for hydroxylation is 1. The first-order valence-electron chi connectivity index (χ1n) is 6.56. The van der Waals surface area contributed by atoms with Crippen molar-refractivity contribution in [2.45, 2.75) is 6.92 Å². The normalized spacial score (nSPS) is 16.0. The van der Waals surface area contributed by atoms with Gasteiger partial charge in [0, 0.05) is 36.3 Å². The first kappa shape index (κ1) is 15.0. The van der Waals surface area contributed by atoms with Crippen molar-refractivity contribution < 1.29 is 9.59 Å². The zero-order chi connectivity index (χ0) is 14.5. The number of amides is 2. The molecule has 1 aromatic rings. The smallest absolute Gasteiger partial charge is 0.238 e. The first-order chi connectivity index (χ1) is 9.58. The van der Waals surface area contributed by atoms with Crippen LogP contribution in [-0.2, 0) is 9.59 Å². The average Bonchev–Trinajstić information content (AvgIpc) is 2.44. The molecule has 0 aromatic heterocycles. The van der Waals surface area contributed by atoms with E-state index in [1.807, 2.05) is 25.1 Å². The molecular formula is C14H18BrN3O2. The van der Waals surface area contributed by atoms with Gasteiger partial charge in [-0.2, -0.15) is 0 Å². The summed E-state index contributed by atoms with van der Waals surface area (Å²) in [5.41, 5.74) is 1.89. The van der Waals surface area contributed by atoms with Crippen LogP contribution < -0.4 is 5.32 Å². The van der Waals surface area contributed by atoms with Gasteiger partial charge < -0.3 is 10.2 Å². The summed E-state index contributed by atoms with van der Waals surface area (Å²) >= 11 is 3.43. The van der Waals surface area contributed by atoms with E-state index in [-0.39, 0.29) is 5.91 Å². The van der Waals surface area contributed by atoms with E-state index in [0.717, 1.165) is 35.2 Å². The van der Waals surface area contributed by atoms with Gasteiger partial charge in [0.1, 0.15) is 0 Å². The summed E-state index contributed by atoms with van der Waals surface area (Å²) in [4.78, 5) is 26.4. The molecule has 0 aliphatic carbocycles. The molecule has 20 heavy (non-hydrogen) atoms. The molecule has 0 saturated carbocycles. The van der Waals surface area contributed by atoms with Crippen molar-refractivity contribution >= 4 is 33.9 Å². The molecule has 0 radical (unpaired) electrons. The summed E-state index contributed by atoms with van der Waals surface area (Å²) in [5.74, 6) is -0.0220. The van der Waals surface area contributed by atoms with Crippen LogP contribution in [0.1, 0.15) is 5.56 Å². The molecule has 108 valence electrons. The highest BCUT2D eigenvalue weighted by molar-refractivity contribution is 9.10. The monoisotopic (exact) mass is 339 g/mol. The van der Waals surface area contributed by atoms with E-state index in [4.69, 9.17) is 0 Å². The van der Waals surface area contributed by atoms with Crippen LogP contribution in [0.15, 0.2) is 22.7 Å². The number of nitrogens with one attached hydrogen (secondary N) is 1. The fraction of sp³-hybridized carbons (Fsp3) is 0.429. The molecule has 1 saturated heterocycles. The molecule has 2 rings (SSSR count). The van der Waals surface area contributed by atoms with Crippen LogP contribution in [0.4, 0.5) is 5.69 Å². The Morgan fingerprint density at radius 3 is 2.65 bits per heavy atom. The lowest BCUT2D eigenvalue weighted by atomic mass is 10.2. The maximum atomic E-state index is 12.0. The van der Waals surface area contributed by atoms with E-state index >= 15 is 0 Å². The predicted octanol–water partition coefficient (Wildman–Crippen LogP) is 1.47. The fourth-order valence-corrected chi connectivity index (χ4v) is 2.40. The van der Waals surface area contributed by atoms with Crippen LogP contribution >= 0.6 is 15.9 Å². The molecule has 1 heterocycles. The van der Waals surface area contributed by atoms with Gasteiger partial charge in [-0.1, -0.05) is 15.9 Å². The van der Waals surface area contributed by atoms with Crippen molar-refractivity contribution in [2.75, 3.05) is 38.0 Å². The molecule has 1 aliphatic rings. The van der Waals surface area contributed by atoms with E-state index in [9.17, 15) is 9.59 Å². The Morgan fingerprint density at radius 2 is 2.05 bits per heavy atom. The minimum Gasteiger partial charge on any atom is -0.343 e. The molecule has 1 aliphatic heterocycles. The second-order valence-corrected chi connectivity index (χ2v) is 5.78. The van der Waals surface area contributed by atoms with Gasteiger partial charge in [-0.05, 0) is 30.7 Å². The summed E-state index contributed by atoms with van der Waals surface area (Å²) in [5, 5.41) is 2.90. The number of piperazine rings is 1. The Kier molecular flexibility index (Phi) is 5.14. The van der Waals surface area contributed by atoms with E-state index in [0.29, 0.717) is 19.6 Å². The van der Waals surface area contributed by atoms with Crippen LogP contribution in [0.2, 0.25) is 0 Å². The minimum atomic E-state index is -0.0220. The van der Waals surface area contributed by atoms with Gasteiger partial charge in [-0.15, -0.1) is 0 Å². The van der Waals surface area contributed by atoms with Gasteiger partial charge in [0.2, 0.25) is 12.3 Å². The molecule has 5 nitrogen and oxygen atoms in total. The number of carbonyl (C=O) groups is 2. The molecule has 2 amide bonds. The number of nitrogens with zero attached hydrogens (tertiary/aromatic N) is 2. The van der Waals surface area contributed by atoms with Crippen LogP contribution in [0.5, 0.6) is 0 Å². The van der Waals surface area contributed by atoms with Gasteiger partial charge in [0.05, 0.1) is 6.54 Å². The third kappa shape index (κ3) is 4.05. The van der Waals surface area contributed by atoms with Crippen LogP contribution in [0.25, 0.3) is 0 Å². The Labute approximate surface area is 127 Å². The summed E-state index contributed by atoms with van der Waals surface area (Å²) in [6.07, 6.45) is 0.863. The van der Waals surface area contributed by atoms with Crippen molar-refractivity contribution in [2.24, 2.45) is 0 Å². The maximum Gasteiger partial charge on any atom is 0.238 e. The first-order valence-corrected chi connectivity index (χ1v) is 7.35. The Morgan fingerprint density at radius 1 is 1.35 bits per heavy atom. The predicted molar refractivity (Wildman–Crippen MR) is 81.6 cm³/mol. The number of anilines is 1. The van der Waals surface area contributed by atoms with Crippen molar-refractivity contribution in [1.29, 1.82) is 0 Å². The second-order valence-electron chi connectivity index (χ2n) is 4.93. The van der Waals surface area contributed by atoms with Gasteiger partial charge in [-0.25, -0.2) is 0 Å². The molecule has 6 heteroatoms. The minimum absolute atomic E-state index is 0.0220. The molecule has 1 N–H and O–H groups in total. The second kappa shape index (κ2) is 6.85. The largest absolute Gasteiger partial charge is 0.343 e. The van der Waals surface area contributed by atoms with Crippen molar-refractivity contribution in [3.05, 3.63) is 28.2 Å². The number of hydrogen-bond acceptors (Lipinski definition) is 3. The third-order valence-electron chi connectivity index (χ3n) is 3.36. The topological polar surface area (TPSA) is 52.7 Å². The quantitative estimate of drug-likeness (QED) is 0.845. The Balaban J connectivity index is 1.83. The van der Waals surface area contributed by atoms with Gasteiger partial charge >= 0.3 is 0 Å². The van der Waals surface area contributed by atoms with E-state index in [1.165, 1.54) is 0 Å². The highest BCUT2D eigenvalue weighted by Crippen LogP contribution is 2.19. The molecule has 0 atom stereocenters. The zero-order valence-corrected chi connectivity index (χ0v) is 13.0. The molecule has 0 bridgehead atoms. The fourth-order valence-electron chi connectivity index (χ4n) is 2.15. The molecule has 0 spiro atoms. The van der Waals surface area contributed by atoms with Gasteiger partial charge in [0.25, 0.3) is 0 Å². The van der Waals surface area contributed by atoms with Crippen molar-refractivity contribution in [1.82, 2.24) is 9.80 Å². The Bertz CT molecular complexity index is 499. The van der Waals surface area contributed by atoms with E-state index in [1.54, 1.807) is 4.90 Å². The molecular weight excluding hydrogens is 322 g/mol. The van der Waals surface area contributed by atoms with Crippen LogP contribution in [-0.4, -0.2) is 54.8 Å². The van der Waals surface area contributed by atoms with Gasteiger partial charge in [-0.3, -0.25) is 14.5 Å². The molecule has 0 unspecified atom stereocenters. The number of carbonyl (C=O) groups excluding carboxylic acids is 2. The number of hydrogen-bond donors (Lipinski definition) is 1. The molecule has 1 aromatic carbocycles. The summed E-state index contributed by atoms with van der Waals surface area (Å²) < 4.78 is 1.03. The Hall–Kier alpha value is -1.40. The standard InChI is InChI=1S/C14H18BrN3O2/c1-11-8-12(2-3-13(11)15)16-14(20)9-17-4-6-18(10-19)7-5-17/h2-3,8,10H,4-7,9H2,1H3,(H,16,20). The average molecular weight is 340 g/mol. The number of halogens is 1. The number of rotatable bonds is 4. The number of benzene rings is 1. The lowest BCUT2D eigenvalue weighted by molar-refractivity contribution is -0.120. The van der Waals surface area contributed by atoms with Gasteiger partial charge in [0.15, 0.2) is 0 Å². The SMILES string of the molecule is Cc1cc(NC(=O)CN2CCN(C=O)CC2)ccc1Br. The summed E-state index contributed by atoms with van der Waals surface area (Å²) in [6, 6.07) is 5.74. The highest BCUT2D eigenvalue weighted by Gasteiger charge is 2.17. The maximum absolute atomic E-state index is 12.0. The van der Waals surface area contributed by atoms with Crippen molar-refractivity contribution in [3.63, 3.8) is 0 Å². The highest BCUT2D eigenvalue weighted by atomic mass is 79.9. The summed E-state index contributed by atoms with van der Waals surface area (Å²) in [7, 11) is 0. The lowest BCUT2D eigenvalue weighted by Crippen LogP contribution is -2.48. The van der Waals surface area contributed by atoms with Crippen LogP contribution in [0, 0.1) is 6.92 Å². The van der Waals surface area contributed by atoms with Crippen molar-refractivity contribution in [3.8, 4) is 0 Å². The lowest BCUT2D eigenvalue weighted by Gasteiger charge is -2.31. The zero-order valence-electron chi connectivity index (χ0n) is 11.4.